The van der Waals surface area contributed by atoms with Crippen LogP contribution in [0.1, 0.15) is 50.2 Å². The van der Waals surface area contributed by atoms with Crippen molar-refractivity contribution in [2.24, 2.45) is 11.1 Å². The Labute approximate surface area is 217 Å². The number of amides is 3. The van der Waals surface area contributed by atoms with Gasteiger partial charge in [0, 0.05) is 32.0 Å². The lowest BCUT2D eigenvalue weighted by Crippen LogP contribution is -2.61. The molecule has 8 nitrogen and oxygen atoms in total. The van der Waals surface area contributed by atoms with Crippen molar-refractivity contribution in [3.05, 3.63) is 71.8 Å². The van der Waals surface area contributed by atoms with Crippen LogP contribution in [0.2, 0.25) is 0 Å². The van der Waals surface area contributed by atoms with Crippen LogP contribution in [0.25, 0.3) is 0 Å². The normalized spacial score (nSPS) is 29.2. The van der Waals surface area contributed by atoms with Crippen LogP contribution < -0.4 is 16.4 Å². The zero-order valence-electron chi connectivity index (χ0n) is 21.5. The molecule has 0 aromatic heterocycles. The van der Waals surface area contributed by atoms with E-state index in [1.54, 1.807) is 18.7 Å². The van der Waals surface area contributed by atoms with Crippen molar-refractivity contribution < 1.29 is 19.1 Å². The highest BCUT2D eigenvalue weighted by atomic mass is 16.5. The second-order valence-corrected chi connectivity index (χ2v) is 11.3. The van der Waals surface area contributed by atoms with Gasteiger partial charge in [0.05, 0.1) is 23.7 Å². The van der Waals surface area contributed by atoms with E-state index in [-0.39, 0.29) is 17.7 Å². The fourth-order valence-corrected chi connectivity index (χ4v) is 5.84. The Hall–Kier alpha value is -3.23. The molecule has 0 radical (unpaired) electrons. The summed E-state index contributed by atoms with van der Waals surface area (Å²) in [6.07, 6.45) is 1.33. The molecule has 2 aromatic carbocycles. The number of ether oxygens (including phenoxy) is 1. The lowest BCUT2D eigenvalue weighted by Gasteiger charge is -2.43. The Morgan fingerprint density at radius 2 is 1.81 bits per heavy atom. The van der Waals surface area contributed by atoms with E-state index in [1.807, 2.05) is 60.7 Å². The van der Waals surface area contributed by atoms with Gasteiger partial charge in [0.25, 0.3) is 5.91 Å². The van der Waals surface area contributed by atoms with Crippen molar-refractivity contribution in [1.29, 1.82) is 0 Å². The summed E-state index contributed by atoms with van der Waals surface area (Å²) < 4.78 is 6.13. The van der Waals surface area contributed by atoms with E-state index in [4.69, 9.17) is 10.5 Å². The predicted octanol–water partition coefficient (Wildman–Crippen LogP) is 2.09. The standard InChI is InChI=1S/C29H36N4O4/c1-27(2,30)24(34)32-29(16-23(29)37-18-20-10-5-3-6-11-20)26(36)33-15-9-14-28(19-33)22(17-31-25(28)35)21-12-7-4-8-13-21/h3-8,10-13,22-23H,9,14-19,30H2,1-2H3,(H,31,35)(H,32,34). The fraction of sp³-hybridized carbons (Fsp3) is 0.483. The molecule has 3 amide bonds. The summed E-state index contributed by atoms with van der Waals surface area (Å²) in [6, 6.07) is 19.8. The Balaban J connectivity index is 1.38. The lowest BCUT2D eigenvalue weighted by molar-refractivity contribution is -0.146. The van der Waals surface area contributed by atoms with Crippen LogP contribution in [-0.2, 0) is 25.7 Å². The second kappa shape index (κ2) is 9.58. The third-order valence-electron chi connectivity index (χ3n) is 8.09. The van der Waals surface area contributed by atoms with Gasteiger partial charge in [0.15, 0.2) is 0 Å². The molecule has 2 heterocycles. The minimum absolute atomic E-state index is 0.00675. The summed E-state index contributed by atoms with van der Waals surface area (Å²) in [5, 5.41) is 6.00. The molecule has 0 bridgehead atoms. The first-order chi connectivity index (χ1) is 17.7. The fourth-order valence-electron chi connectivity index (χ4n) is 5.84. The Morgan fingerprint density at radius 1 is 1.14 bits per heavy atom. The number of nitrogens with two attached hydrogens (primary N) is 1. The average molecular weight is 505 g/mol. The molecule has 2 aliphatic heterocycles. The Kier molecular flexibility index (Phi) is 6.58. The summed E-state index contributed by atoms with van der Waals surface area (Å²) in [5.41, 5.74) is 5.14. The van der Waals surface area contributed by atoms with Gasteiger partial charge in [-0.25, -0.2) is 0 Å². The van der Waals surface area contributed by atoms with Crippen molar-refractivity contribution >= 4 is 17.7 Å². The molecule has 37 heavy (non-hydrogen) atoms. The quantitative estimate of drug-likeness (QED) is 0.534. The summed E-state index contributed by atoms with van der Waals surface area (Å²) in [6.45, 7) is 4.97. The number of likely N-dealkylation sites (tertiary alicyclic amines) is 1. The van der Waals surface area contributed by atoms with Gasteiger partial charge in [-0.05, 0) is 37.8 Å². The number of carbonyl (C=O) groups excluding carboxylic acids is 3. The van der Waals surface area contributed by atoms with E-state index in [2.05, 4.69) is 10.6 Å². The Morgan fingerprint density at radius 3 is 2.49 bits per heavy atom. The number of carbonyl (C=O) groups is 3. The van der Waals surface area contributed by atoms with E-state index in [1.165, 1.54) is 0 Å². The summed E-state index contributed by atoms with van der Waals surface area (Å²) in [4.78, 5) is 42.1. The van der Waals surface area contributed by atoms with Gasteiger partial charge < -0.3 is 26.0 Å². The van der Waals surface area contributed by atoms with E-state index in [9.17, 15) is 14.4 Å². The van der Waals surface area contributed by atoms with Gasteiger partial charge in [0.1, 0.15) is 5.54 Å². The number of hydrogen-bond donors (Lipinski definition) is 3. The van der Waals surface area contributed by atoms with Gasteiger partial charge >= 0.3 is 0 Å². The van der Waals surface area contributed by atoms with Gasteiger partial charge in [-0.15, -0.1) is 0 Å². The minimum Gasteiger partial charge on any atom is -0.370 e. The van der Waals surface area contributed by atoms with Gasteiger partial charge in [-0.2, -0.15) is 0 Å². The molecule has 2 aromatic rings. The number of piperidine rings is 1. The first kappa shape index (κ1) is 25.4. The average Bonchev–Trinajstić information content (AvgIpc) is 3.52. The van der Waals surface area contributed by atoms with Crippen molar-refractivity contribution in [1.82, 2.24) is 15.5 Å². The molecule has 196 valence electrons. The molecular formula is C29H36N4O4. The predicted molar refractivity (Wildman–Crippen MR) is 139 cm³/mol. The topological polar surface area (TPSA) is 114 Å². The van der Waals surface area contributed by atoms with Crippen LogP contribution in [-0.4, -0.2) is 59.4 Å². The summed E-state index contributed by atoms with van der Waals surface area (Å²) >= 11 is 0. The maximum atomic E-state index is 14.1. The molecular weight excluding hydrogens is 468 g/mol. The van der Waals surface area contributed by atoms with Gasteiger partial charge in [-0.1, -0.05) is 60.7 Å². The zero-order valence-corrected chi connectivity index (χ0v) is 21.5. The van der Waals surface area contributed by atoms with Crippen LogP contribution in [0, 0.1) is 5.41 Å². The molecule has 3 aliphatic rings. The molecule has 1 aliphatic carbocycles. The largest absolute Gasteiger partial charge is 0.370 e. The van der Waals surface area contributed by atoms with Crippen LogP contribution in [0.4, 0.5) is 0 Å². The summed E-state index contributed by atoms with van der Waals surface area (Å²) in [7, 11) is 0. The van der Waals surface area contributed by atoms with Crippen LogP contribution in [0.15, 0.2) is 60.7 Å². The second-order valence-electron chi connectivity index (χ2n) is 11.3. The molecule has 4 N–H and O–H groups in total. The smallest absolute Gasteiger partial charge is 0.251 e. The number of rotatable bonds is 7. The van der Waals surface area contributed by atoms with E-state index in [0.717, 1.165) is 11.1 Å². The molecule has 3 fully saturated rings. The van der Waals surface area contributed by atoms with Crippen LogP contribution >= 0.6 is 0 Å². The van der Waals surface area contributed by atoms with E-state index >= 15 is 0 Å². The highest BCUT2D eigenvalue weighted by molar-refractivity contribution is 5.98. The third kappa shape index (κ3) is 4.76. The van der Waals surface area contributed by atoms with E-state index < -0.39 is 28.5 Å². The number of nitrogens with zero attached hydrogens (tertiary/aromatic N) is 1. The molecule has 1 saturated carbocycles. The van der Waals surface area contributed by atoms with Crippen LogP contribution in [0.5, 0.6) is 0 Å². The first-order valence-corrected chi connectivity index (χ1v) is 13.1. The number of hydrogen-bond acceptors (Lipinski definition) is 5. The van der Waals surface area contributed by atoms with Gasteiger partial charge in [-0.3, -0.25) is 14.4 Å². The number of nitrogens with one attached hydrogen (secondary N) is 2. The number of benzene rings is 2. The van der Waals surface area contributed by atoms with Crippen molar-refractivity contribution in [3.8, 4) is 0 Å². The maximum Gasteiger partial charge on any atom is 0.251 e. The molecule has 8 heteroatoms. The molecule has 1 spiro atoms. The third-order valence-corrected chi connectivity index (χ3v) is 8.09. The lowest BCUT2D eigenvalue weighted by atomic mass is 9.69. The first-order valence-electron chi connectivity index (χ1n) is 13.1. The highest BCUT2D eigenvalue weighted by Crippen LogP contribution is 2.48. The van der Waals surface area contributed by atoms with Crippen molar-refractivity contribution in [3.63, 3.8) is 0 Å². The van der Waals surface area contributed by atoms with Gasteiger partial charge in [0.2, 0.25) is 11.8 Å². The molecule has 2 saturated heterocycles. The highest BCUT2D eigenvalue weighted by Gasteiger charge is 2.65. The molecule has 4 atom stereocenters. The molecule has 5 rings (SSSR count). The molecule has 4 unspecified atom stereocenters. The minimum atomic E-state index is -1.18. The van der Waals surface area contributed by atoms with E-state index in [0.29, 0.717) is 45.5 Å². The Bertz CT molecular complexity index is 1170. The zero-order chi connectivity index (χ0) is 26.3. The summed E-state index contributed by atoms with van der Waals surface area (Å²) in [5.74, 6) is -0.629. The van der Waals surface area contributed by atoms with Crippen LogP contribution in [0.3, 0.4) is 0 Å². The maximum absolute atomic E-state index is 14.1. The SMILES string of the molecule is CC(C)(N)C(=O)NC1(C(=O)N2CCCC3(C2)C(=O)NCC3c2ccccc2)CC1OCc1ccccc1. The van der Waals surface area contributed by atoms with Crippen molar-refractivity contribution in [2.75, 3.05) is 19.6 Å². The monoisotopic (exact) mass is 504 g/mol. The van der Waals surface area contributed by atoms with Crippen molar-refractivity contribution in [2.45, 2.75) is 62.8 Å².